The quantitative estimate of drug-likeness (QED) is 0.181. The predicted octanol–water partition coefficient (Wildman–Crippen LogP) is 19.5. The third-order valence-electron chi connectivity index (χ3n) is 23.2. The van der Waals surface area contributed by atoms with Gasteiger partial charge in [-0.25, -0.2) is 0 Å². The van der Waals surface area contributed by atoms with E-state index >= 15 is 0 Å². The molecule has 10 atom stereocenters. The molecule has 0 aromatic heterocycles. The van der Waals surface area contributed by atoms with E-state index in [-0.39, 0.29) is 10.8 Å². The van der Waals surface area contributed by atoms with E-state index in [4.69, 9.17) is 4.74 Å². The Hall–Kier alpha value is -4.08. The molecule has 1 aliphatic heterocycles. The lowest BCUT2D eigenvalue weighted by Gasteiger charge is -2.51. The van der Waals surface area contributed by atoms with Gasteiger partial charge in [-0.2, -0.15) is 0 Å². The van der Waals surface area contributed by atoms with Crippen molar-refractivity contribution in [2.45, 2.75) is 250 Å². The van der Waals surface area contributed by atoms with Crippen molar-refractivity contribution in [3.8, 4) is 0 Å². The Labute approximate surface area is 474 Å². The lowest BCUT2D eigenvalue weighted by molar-refractivity contribution is -0.0384. The summed E-state index contributed by atoms with van der Waals surface area (Å²) in [5.74, 6) is 3.81. The molecule has 0 aromatic rings. The van der Waals surface area contributed by atoms with Crippen molar-refractivity contribution < 1.29 is 4.74 Å². The van der Waals surface area contributed by atoms with Crippen molar-refractivity contribution in [3.05, 3.63) is 166 Å². The largest absolute Gasteiger partial charge is 0.375 e. The van der Waals surface area contributed by atoms with Crippen LogP contribution < -0.4 is 0 Å². The van der Waals surface area contributed by atoms with E-state index in [0.29, 0.717) is 66.0 Å². The summed E-state index contributed by atoms with van der Waals surface area (Å²) in [6.07, 6.45) is 78.1. The minimum absolute atomic E-state index is 0.0166. The van der Waals surface area contributed by atoms with Gasteiger partial charge in [0, 0.05) is 40.9 Å². The maximum absolute atomic E-state index is 7.07. The highest BCUT2D eigenvalue weighted by Crippen LogP contribution is 2.68. The summed E-state index contributed by atoms with van der Waals surface area (Å²) in [6.45, 7) is 15.6. The molecule has 2 saturated carbocycles. The van der Waals surface area contributed by atoms with Crippen LogP contribution in [0.4, 0.5) is 0 Å². The maximum Gasteiger partial charge on any atom is 0.0616 e. The first-order chi connectivity index (χ1) is 38.2. The van der Waals surface area contributed by atoms with E-state index in [1.165, 1.54) is 192 Å². The first kappa shape index (κ1) is 53.2. The molecule has 0 bridgehead atoms. The number of rotatable bonds is 12. The second-order valence-corrected chi connectivity index (χ2v) is 28.3. The number of hydrogen-bond acceptors (Lipinski definition) is 3. The van der Waals surface area contributed by atoms with E-state index < -0.39 is 0 Å². The fourth-order valence-corrected chi connectivity index (χ4v) is 19.2. The molecule has 10 unspecified atom stereocenters. The van der Waals surface area contributed by atoms with Crippen molar-refractivity contribution in [1.82, 2.24) is 9.80 Å². The van der Waals surface area contributed by atoms with E-state index in [1.807, 2.05) is 11.1 Å². The zero-order chi connectivity index (χ0) is 53.0. The summed E-state index contributed by atoms with van der Waals surface area (Å²) in [4.78, 5) is 5.99. The summed E-state index contributed by atoms with van der Waals surface area (Å²) >= 11 is 0. The Bertz CT molecular complexity index is 2690. The second-order valence-electron chi connectivity index (χ2n) is 28.3. The van der Waals surface area contributed by atoms with E-state index in [2.05, 4.69) is 135 Å². The molecule has 0 N–H and O–H groups in total. The highest BCUT2D eigenvalue weighted by molar-refractivity contribution is 5.57. The highest BCUT2D eigenvalue weighted by atomic mass is 16.5. The predicted molar refractivity (Wildman–Crippen MR) is 327 cm³/mol. The lowest BCUT2D eigenvalue weighted by Crippen LogP contribution is -2.48. The van der Waals surface area contributed by atoms with Crippen LogP contribution in [-0.4, -0.2) is 46.2 Å². The standard InChI is InChI=1S/C75H100N2O/c1-6-51-24-37-61(38-25-51)77-72-23-14-12-21-68(72)69-49-56(30-47-73(69)77)54-28-39-60(40-29-54)76(62-19-15-18-55(48-62)53-16-9-8-10-17-53)63-41-46-67-66-20-11-13-22-70(66)75(71(67)50-63,58-33-31-57(32-34-58)74(3,4)5)59-35-44-65(45-36-59)78-64-42-26-52(7-2)27-43-64/h6-7,15,19,21,24,28,31,33,35,39,41,46,48-49,52-55,60-61,63-65,67,71-72H,1-2,8-14,16-18,20,22-23,25-27,29-30,32,34,36-38,40,42-45,47,50H2,3-5H3. The van der Waals surface area contributed by atoms with Gasteiger partial charge in [0.25, 0.3) is 0 Å². The smallest absolute Gasteiger partial charge is 0.0616 e. The Kier molecular flexibility index (Phi) is 15.5. The average molecular weight is 1050 g/mol. The molecular formula is C75H100N2O. The molecule has 3 heteroatoms. The SMILES string of the molecule is C=CC1=CCC(N2C3=C(C=C(C4C=CC(N(C5=CC(C6CCCCC6)CC=C5)C5C=CC6C7=C(CCCC7)C(C7=CC=C(C(C)(C)C)CC7)(C7=CCC(OC8CCC(C=C)CC8)CC7)C6C5)CC4)CC3)C3=CCCCC32)CC1. The molecule has 13 aliphatic rings. The van der Waals surface area contributed by atoms with Crippen LogP contribution in [0.5, 0.6) is 0 Å². The van der Waals surface area contributed by atoms with Crippen LogP contribution in [0.3, 0.4) is 0 Å². The fourth-order valence-electron chi connectivity index (χ4n) is 19.2. The molecule has 0 amide bonds. The molecule has 0 saturated heterocycles. The molecule has 416 valence electrons. The fraction of sp³-hybridized carbons (Fsp3) is 0.627. The Balaban J connectivity index is 0.835. The van der Waals surface area contributed by atoms with E-state index in [0.717, 1.165) is 12.3 Å². The maximum atomic E-state index is 7.07. The van der Waals surface area contributed by atoms with Gasteiger partial charge < -0.3 is 14.5 Å². The summed E-state index contributed by atoms with van der Waals surface area (Å²) in [5, 5.41) is 0. The summed E-state index contributed by atoms with van der Waals surface area (Å²) < 4.78 is 7.07. The van der Waals surface area contributed by atoms with Crippen molar-refractivity contribution in [2.24, 2.45) is 46.3 Å². The zero-order valence-electron chi connectivity index (χ0n) is 49.0. The minimum atomic E-state index is 0.0166. The van der Waals surface area contributed by atoms with Crippen LogP contribution in [0.25, 0.3) is 0 Å². The number of nitrogens with zero attached hydrogens (tertiary/aromatic N) is 2. The first-order valence-corrected chi connectivity index (χ1v) is 33.1. The van der Waals surface area contributed by atoms with Crippen LogP contribution in [0.15, 0.2) is 166 Å². The molecule has 0 radical (unpaired) electrons. The van der Waals surface area contributed by atoms with Gasteiger partial charge in [0.15, 0.2) is 0 Å². The molecule has 0 aromatic carbocycles. The van der Waals surface area contributed by atoms with Crippen molar-refractivity contribution in [2.75, 3.05) is 0 Å². The van der Waals surface area contributed by atoms with Crippen LogP contribution in [-0.2, 0) is 4.74 Å². The molecule has 2 fully saturated rings. The monoisotopic (exact) mass is 1040 g/mol. The first-order valence-electron chi connectivity index (χ1n) is 33.1. The number of hydrogen-bond donors (Lipinski definition) is 0. The zero-order valence-corrected chi connectivity index (χ0v) is 49.0. The van der Waals surface area contributed by atoms with Crippen molar-refractivity contribution in [3.63, 3.8) is 0 Å². The third-order valence-corrected chi connectivity index (χ3v) is 23.2. The van der Waals surface area contributed by atoms with E-state index in [1.54, 1.807) is 44.8 Å². The molecular weight excluding hydrogens is 945 g/mol. The molecule has 78 heavy (non-hydrogen) atoms. The van der Waals surface area contributed by atoms with Crippen molar-refractivity contribution >= 4 is 0 Å². The van der Waals surface area contributed by atoms with Gasteiger partial charge in [-0.15, -0.1) is 6.58 Å². The number of ether oxygens (including phenoxy) is 1. The van der Waals surface area contributed by atoms with Gasteiger partial charge >= 0.3 is 0 Å². The normalized spacial score (nSPS) is 37.2. The van der Waals surface area contributed by atoms with Crippen LogP contribution >= 0.6 is 0 Å². The van der Waals surface area contributed by atoms with Gasteiger partial charge in [0.05, 0.1) is 18.2 Å². The Morgan fingerprint density at radius 1 is 0.692 bits per heavy atom. The van der Waals surface area contributed by atoms with Crippen LogP contribution in [0.2, 0.25) is 0 Å². The number of allylic oxidation sites excluding steroid dienone is 19. The topological polar surface area (TPSA) is 15.7 Å². The van der Waals surface area contributed by atoms with Crippen LogP contribution in [0.1, 0.15) is 213 Å². The lowest BCUT2D eigenvalue weighted by atomic mass is 9.55. The second kappa shape index (κ2) is 22.7. The molecule has 12 aliphatic carbocycles. The van der Waals surface area contributed by atoms with Crippen LogP contribution in [0, 0.1) is 46.3 Å². The molecule has 0 spiro atoms. The Morgan fingerprint density at radius 2 is 1.55 bits per heavy atom. The summed E-state index contributed by atoms with van der Waals surface area (Å²) in [6, 6.07) is 1.99. The van der Waals surface area contributed by atoms with Crippen molar-refractivity contribution in [1.29, 1.82) is 0 Å². The minimum Gasteiger partial charge on any atom is -0.375 e. The summed E-state index contributed by atoms with van der Waals surface area (Å²) in [7, 11) is 0. The highest BCUT2D eigenvalue weighted by Gasteiger charge is 2.58. The molecule has 13 rings (SSSR count). The van der Waals surface area contributed by atoms with Gasteiger partial charge in [0.1, 0.15) is 0 Å². The van der Waals surface area contributed by atoms with Gasteiger partial charge in [-0.3, -0.25) is 0 Å². The van der Waals surface area contributed by atoms with Gasteiger partial charge in [-0.1, -0.05) is 171 Å². The Morgan fingerprint density at radius 3 is 2.29 bits per heavy atom. The molecule has 1 heterocycles. The van der Waals surface area contributed by atoms with Gasteiger partial charge in [-0.05, 0) is 226 Å². The third kappa shape index (κ3) is 10.0. The molecule has 3 nitrogen and oxygen atoms in total. The number of fused-ring (bicyclic) bond motifs is 4. The van der Waals surface area contributed by atoms with Gasteiger partial charge in [0.2, 0.25) is 0 Å². The average Bonchev–Trinajstić information content (AvgIpc) is 4.20. The summed E-state index contributed by atoms with van der Waals surface area (Å²) in [5.41, 5.74) is 18.8. The van der Waals surface area contributed by atoms with E-state index in [9.17, 15) is 0 Å².